The van der Waals surface area contributed by atoms with Gasteiger partial charge in [0.25, 0.3) is 0 Å². The van der Waals surface area contributed by atoms with E-state index in [1.807, 2.05) is 18.2 Å². The average molecular weight is 221 g/mol. The molecule has 2 N–H and O–H groups in total. The van der Waals surface area contributed by atoms with Crippen molar-refractivity contribution in [2.24, 2.45) is 5.73 Å². The first-order chi connectivity index (χ1) is 7.76. The quantitative estimate of drug-likeness (QED) is 0.831. The van der Waals surface area contributed by atoms with Gasteiger partial charge in [0.05, 0.1) is 7.11 Å². The van der Waals surface area contributed by atoms with Gasteiger partial charge in [-0.2, -0.15) is 0 Å². The number of hydrogen-bond donors (Lipinski definition) is 1. The van der Waals surface area contributed by atoms with Crippen LogP contribution >= 0.6 is 0 Å². The van der Waals surface area contributed by atoms with E-state index in [-0.39, 0.29) is 5.54 Å². The molecule has 0 aliphatic carbocycles. The van der Waals surface area contributed by atoms with E-state index in [4.69, 9.17) is 15.2 Å². The fourth-order valence-corrected chi connectivity index (χ4v) is 2.30. The Bertz CT molecular complexity index is 344. The molecule has 1 aromatic carbocycles. The van der Waals surface area contributed by atoms with E-state index < -0.39 is 0 Å². The summed E-state index contributed by atoms with van der Waals surface area (Å²) < 4.78 is 10.8. The Labute approximate surface area is 96.5 Å². The lowest BCUT2D eigenvalue weighted by Crippen LogP contribution is -2.37. The van der Waals surface area contributed by atoms with E-state index in [1.54, 1.807) is 7.11 Å². The largest absolute Gasteiger partial charge is 0.496 e. The highest BCUT2D eigenvalue weighted by atomic mass is 16.5. The lowest BCUT2D eigenvalue weighted by molar-refractivity contribution is 0.139. The van der Waals surface area contributed by atoms with Crippen LogP contribution in [0.1, 0.15) is 24.8 Å². The molecule has 0 aromatic heterocycles. The Balaban J connectivity index is 2.32. The first-order valence-corrected chi connectivity index (χ1v) is 5.76. The molecular weight excluding hydrogens is 202 g/mol. The molecule has 1 aliphatic heterocycles. The van der Waals surface area contributed by atoms with Crippen LogP contribution < -0.4 is 10.5 Å². The predicted octanol–water partition coefficient (Wildman–Crippen LogP) is 2.05. The summed E-state index contributed by atoms with van der Waals surface area (Å²) >= 11 is 0. The third-order valence-corrected chi connectivity index (χ3v) is 3.25. The molecule has 88 valence electrons. The lowest BCUT2D eigenvalue weighted by Gasteiger charge is -2.29. The Hall–Kier alpha value is -1.06. The number of hydrogen-bond acceptors (Lipinski definition) is 3. The maximum absolute atomic E-state index is 6.50. The van der Waals surface area contributed by atoms with E-state index in [1.165, 1.54) is 0 Å². The van der Waals surface area contributed by atoms with Gasteiger partial charge < -0.3 is 15.2 Å². The number of ether oxygens (including phenoxy) is 2. The van der Waals surface area contributed by atoms with E-state index in [0.29, 0.717) is 0 Å². The summed E-state index contributed by atoms with van der Waals surface area (Å²) in [5.41, 5.74) is 7.29. The molecule has 3 heteroatoms. The van der Waals surface area contributed by atoms with Gasteiger partial charge in [-0.15, -0.1) is 0 Å². The summed E-state index contributed by atoms with van der Waals surface area (Å²) in [6.07, 6.45) is 2.81. The SMILES string of the molecule is COc1ccccc1C1(N)CCCOCC1. The van der Waals surface area contributed by atoms with Crippen LogP contribution in [-0.2, 0) is 10.3 Å². The van der Waals surface area contributed by atoms with Crippen molar-refractivity contribution in [3.05, 3.63) is 29.8 Å². The zero-order chi connectivity index (χ0) is 11.4. The first-order valence-electron chi connectivity index (χ1n) is 5.76. The molecule has 0 bridgehead atoms. The van der Waals surface area contributed by atoms with E-state index in [9.17, 15) is 0 Å². The fourth-order valence-electron chi connectivity index (χ4n) is 2.30. The van der Waals surface area contributed by atoms with Crippen molar-refractivity contribution in [2.45, 2.75) is 24.8 Å². The van der Waals surface area contributed by atoms with Gasteiger partial charge in [0.1, 0.15) is 5.75 Å². The molecule has 3 nitrogen and oxygen atoms in total. The van der Waals surface area contributed by atoms with Crippen molar-refractivity contribution in [1.82, 2.24) is 0 Å². The predicted molar refractivity (Wildman–Crippen MR) is 63.5 cm³/mol. The summed E-state index contributed by atoms with van der Waals surface area (Å²) in [6, 6.07) is 8.01. The normalized spacial score (nSPS) is 26.1. The summed E-state index contributed by atoms with van der Waals surface area (Å²) in [5.74, 6) is 0.881. The van der Waals surface area contributed by atoms with Crippen LogP contribution in [0.2, 0.25) is 0 Å². The average Bonchev–Trinajstić information content (AvgIpc) is 2.55. The molecule has 1 aliphatic rings. The zero-order valence-corrected chi connectivity index (χ0v) is 9.74. The van der Waals surface area contributed by atoms with Crippen molar-refractivity contribution < 1.29 is 9.47 Å². The Morgan fingerprint density at radius 1 is 1.25 bits per heavy atom. The van der Waals surface area contributed by atoms with Crippen LogP contribution in [0.3, 0.4) is 0 Å². The molecule has 0 saturated carbocycles. The number of para-hydroxylation sites is 1. The van der Waals surface area contributed by atoms with Gasteiger partial charge in [0.15, 0.2) is 0 Å². The van der Waals surface area contributed by atoms with Gasteiger partial charge in [0.2, 0.25) is 0 Å². The molecule has 1 atom stereocenters. The smallest absolute Gasteiger partial charge is 0.123 e. The molecule has 1 aromatic rings. The highest BCUT2D eigenvalue weighted by Gasteiger charge is 2.31. The molecular formula is C13H19NO2. The van der Waals surface area contributed by atoms with Crippen LogP contribution in [0.5, 0.6) is 5.75 Å². The molecule has 1 saturated heterocycles. The highest BCUT2D eigenvalue weighted by Crippen LogP contribution is 2.35. The van der Waals surface area contributed by atoms with Crippen LogP contribution in [0, 0.1) is 0 Å². The molecule has 1 heterocycles. The standard InChI is InChI=1S/C13H19NO2/c1-15-12-6-3-2-5-11(12)13(14)7-4-9-16-10-8-13/h2-3,5-6H,4,7-10,14H2,1H3. The third kappa shape index (κ3) is 2.20. The minimum atomic E-state index is -0.302. The van der Waals surface area contributed by atoms with Crippen molar-refractivity contribution in [1.29, 1.82) is 0 Å². The van der Waals surface area contributed by atoms with Crippen molar-refractivity contribution in [3.63, 3.8) is 0 Å². The number of benzene rings is 1. The van der Waals surface area contributed by atoms with Crippen molar-refractivity contribution >= 4 is 0 Å². The maximum Gasteiger partial charge on any atom is 0.123 e. The fraction of sp³-hybridized carbons (Fsp3) is 0.538. The number of nitrogens with two attached hydrogens (primary N) is 1. The topological polar surface area (TPSA) is 44.5 Å². The van der Waals surface area contributed by atoms with Crippen LogP contribution in [0.15, 0.2) is 24.3 Å². The number of rotatable bonds is 2. The lowest BCUT2D eigenvalue weighted by atomic mass is 9.83. The van der Waals surface area contributed by atoms with Crippen LogP contribution in [0.4, 0.5) is 0 Å². The Kier molecular flexibility index (Phi) is 3.46. The summed E-state index contributed by atoms with van der Waals surface area (Å²) in [6.45, 7) is 1.54. The van der Waals surface area contributed by atoms with Gasteiger partial charge >= 0.3 is 0 Å². The van der Waals surface area contributed by atoms with Gasteiger partial charge in [0, 0.05) is 24.3 Å². The molecule has 16 heavy (non-hydrogen) atoms. The van der Waals surface area contributed by atoms with E-state index >= 15 is 0 Å². The first kappa shape index (κ1) is 11.4. The monoisotopic (exact) mass is 221 g/mol. The summed E-state index contributed by atoms with van der Waals surface area (Å²) in [7, 11) is 1.69. The number of methoxy groups -OCH3 is 1. The molecule has 0 spiro atoms. The minimum Gasteiger partial charge on any atom is -0.496 e. The van der Waals surface area contributed by atoms with E-state index in [0.717, 1.165) is 43.8 Å². The van der Waals surface area contributed by atoms with Crippen LogP contribution in [0.25, 0.3) is 0 Å². The van der Waals surface area contributed by atoms with Gasteiger partial charge in [-0.1, -0.05) is 18.2 Å². The molecule has 1 fully saturated rings. The van der Waals surface area contributed by atoms with E-state index in [2.05, 4.69) is 6.07 Å². The second-order valence-corrected chi connectivity index (χ2v) is 4.32. The molecule has 0 amide bonds. The van der Waals surface area contributed by atoms with Gasteiger partial charge in [-0.25, -0.2) is 0 Å². The van der Waals surface area contributed by atoms with Crippen molar-refractivity contribution in [3.8, 4) is 5.75 Å². The third-order valence-electron chi connectivity index (χ3n) is 3.25. The highest BCUT2D eigenvalue weighted by molar-refractivity contribution is 5.39. The molecule has 1 unspecified atom stereocenters. The van der Waals surface area contributed by atoms with Gasteiger partial charge in [-0.3, -0.25) is 0 Å². The second kappa shape index (κ2) is 4.85. The van der Waals surface area contributed by atoms with Crippen molar-refractivity contribution in [2.75, 3.05) is 20.3 Å². The summed E-state index contributed by atoms with van der Waals surface area (Å²) in [5, 5.41) is 0. The van der Waals surface area contributed by atoms with Gasteiger partial charge in [-0.05, 0) is 25.3 Å². The Morgan fingerprint density at radius 2 is 2.06 bits per heavy atom. The maximum atomic E-state index is 6.50. The molecule has 2 rings (SSSR count). The molecule has 0 radical (unpaired) electrons. The van der Waals surface area contributed by atoms with Crippen LogP contribution in [-0.4, -0.2) is 20.3 Å². The second-order valence-electron chi connectivity index (χ2n) is 4.32. The minimum absolute atomic E-state index is 0.302. The Morgan fingerprint density at radius 3 is 2.88 bits per heavy atom. The zero-order valence-electron chi connectivity index (χ0n) is 9.74. The summed E-state index contributed by atoms with van der Waals surface area (Å²) in [4.78, 5) is 0.